The van der Waals surface area contributed by atoms with E-state index in [1.165, 1.54) is 0 Å². The minimum absolute atomic E-state index is 0. The van der Waals surface area contributed by atoms with Gasteiger partial charge >= 0.3 is 29.6 Å². The molecule has 0 aromatic heterocycles. The Morgan fingerprint density at radius 3 is 1.65 bits per heavy atom. The van der Waals surface area contributed by atoms with Crippen molar-refractivity contribution >= 4 is 10.1 Å². The maximum atomic E-state index is 11.1. The van der Waals surface area contributed by atoms with Crippen molar-refractivity contribution in [2.24, 2.45) is 0 Å². The average molecular weight is 264 g/mol. The second kappa shape index (κ2) is 5.41. The van der Waals surface area contributed by atoms with Gasteiger partial charge in [0.2, 0.25) is 0 Å². The molecule has 0 aliphatic rings. The summed E-state index contributed by atoms with van der Waals surface area (Å²) in [6.45, 7) is 9.46. The number of benzene rings is 1. The van der Waals surface area contributed by atoms with E-state index in [0.717, 1.165) is 5.56 Å². The Balaban J connectivity index is 0.00000256. The van der Waals surface area contributed by atoms with E-state index in [-0.39, 0.29) is 39.9 Å². The van der Waals surface area contributed by atoms with E-state index in [1.54, 1.807) is 26.0 Å². The Hall–Kier alpha value is 0.130. The Kier molecular flexibility index (Phi) is 5.45. The van der Waals surface area contributed by atoms with Gasteiger partial charge in [0.1, 0.15) is 10.1 Å². The summed E-state index contributed by atoms with van der Waals surface area (Å²) in [6, 6.07) is 3.55. The SMILES string of the molecule is Cc1cc(C(C)(C)C)cc(C)c1S(=O)(=O)[O-].[Na+]. The zero-order valence-electron chi connectivity index (χ0n) is 11.3. The molecule has 0 bridgehead atoms. The number of hydrogen-bond donors (Lipinski definition) is 0. The Morgan fingerprint density at radius 1 is 1.06 bits per heavy atom. The van der Waals surface area contributed by atoms with E-state index in [4.69, 9.17) is 0 Å². The summed E-state index contributed by atoms with van der Waals surface area (Å²) in [5, 5.41) is 0. The molecule has 5 heteroatoms. The standard InChI is InChI=1S/C12H18O3S.Na/c1-8-6-10(12(3,4)5)7-9(2)11(8)16(13,14)15;/h6-7H,1-5H3,(H,13,14,15);/q;+1/p-1. The molecular weight excluding hydrogens is 247 g/mol. The first-order valence-electron chi connectivity index (χ1n) is 5.11. The second-order valence-corrected chi connectivity index (χ2v) is 6.46. The molecule has 0 radical (unpaired) electrons. The first-order chi connectivity index (χ1) is 7.03. The summed E-state index contributed by atoms with van der Waals surface area (Å²) in [7, 11) is -4.38. The van der Waals surface area contributed by atoms with Gasteiger partial charge in [0.15, 0.2) is 0 Å². The van der Waals surface area contributed by atoms with Gasteiger partial charge < -0.3 is 4.55 Å². The van der Waals surface area contributed by atoms with Crippen molar-refractivity contribution in [1.82, 2.24) is 0 Å². The van der Waals surface area contributed by atoms with Crippen LogP contribution in [0, 0.1) is 13.8 Å². The monoisotopic (exact) mass is 264 g/mol. The number of hydrogen-bond acceptors (Lipinski definition) is 3. The summed E-state index contributed by atoms with van der Waals surface area (Å²) in [5.41, 5.74) is 2.04. The fraction of sp³-hybridized carbons (Fsp3) is 0.500. The summed E-state index contributed by atoms with van der Waals surface area (Å²) in [4.78, 5) is -0.0829. The first-order valence-corrected chi connectivity index (χ1v) is 6.52. The molecule has 3 nitrogen and oxygen atoms in total. The largest absolute Gasteiger partial charge is 1.00 e. The van der Waals surface area contributed by atoms with E-state index in [0.29, 0.717) is 11.1 Å². The minimum atomic E-state index is -4.38. The maximum absolute atomic E-state index is 11.1. The van der Waals surface area contributed by atoms with E-state index in [2.05, 4.69) is 0 Å². The van der Waals surface area contributed by atoms with E-state index >= 15 is 0 Å². The van der Waals surface area contributed by atoms with Crippen molar-refractivity contribution in [3.63, 3.8) is 0 Å². The summed E-state index contributed by atoms with van der Waals surface area (Å²) in [5.74, 6) is 0. The Labute approximate surface area is 126 Å². The molecule has 0 saturated heterocycles. The second-order valence-electron chi connectivity index (χ2n) is 5.14. The minimum Gasteiger partial charge on any atom is -0.744 e. The van der Waals surface area contributed by atoms with Gasteiger partial charge in [0, 0.05) is 0 Å². The van der Waals surface area contributed by atoms with Crippen LogP contribution >= 0.6 is 0 Å². The van der Waals surface area contributed by atoms with Crippen molar-refractivity contribution in [2.45, 2.75) is 44.9 Å². The Morgan fingerprint density at radius 2 is 1.41 bits per heavy atom. The van der Waals surface area contributed by atoms with Gasteiger partial charge in [-0.3, -0.25) is 0 Å². The van der Waals surface area contributed by atoms with Crippen molar-refractivity contribution < 1.29 is 42.5 Å². The predicted octanol–water partition coefficient (Wildman–Crippen LogP) is -0.491. The fourth-order valence-corrected chi connectivity index (χ4v) is 2.68. The average Bonchev–Trinajstić information content (AvgIpc) is 1.97. The third-order valence-corrected chi connectivity index (χ3v) is 3.72. The number of aryl methyl sites for hydroxylation is 2. The van der Waals surface area contributed by atoms with Crippen LogP contribution < -0.4 is 29.6 Å². The van der Waals surface area contributed by atoms with Gasteiger partial charge in [-0.1, -0.05) is 32.9 Å². The zero-order chi connectivity index (χ0) is 12.7. The maximum Gasteiger partial charge on any atom is 1.00 e. The molecule has 0 aliphatic heterocycles. The summed E-state index contributed by atoms with van der Waals surface area (Å²) >= 11 is 0. The normalized spacial score (nSPS) is 12.1. The van der Waals surface area contributed by atoms with Crippen molar-refractivity contribution in [2.75, 3.05) is 0 Å². The van der Waals surface area contributed by atoms with Crippen molar-refractivity contribution in [1.29, 1.82) is 0 Å². The quantitative estimate of drug-likeness (QED) is 0.508. The van der Waals surface area contributed by atoms with Gasteiger partial charge in [-0.25, -0.2) is 8.42 Å². The van der Waals surface area contributed by atoms with Crippen LogP contribution in [-0.4, -0.2) is 13.0 Å². The zero-order valence-corrected chi connectivity index (χ0v) is 14.1. The third kappa shape index (κ3) is 4.07. The smallest absolute Gasteiger partial charge is 0.744 e. The van der Waals surface area contributed by atoms with Crippen LogP contribution in [0.5, 0.6) is 0 Å². The summed E-state index contributed by atoms with van der Waals surface area (Å²) < 4.78 is 33.2. The molecular formula is C12H17NaO3S. The molecule has 0 aliphatic carbocycles. The topological polar surface area (TPSA) is 57.2 Å². The molecule has 0 saturated carbocycles. The van der Waals surface area contributed by atoms with Gasteiger partial charge in [-0.2, -0.15) is 0 Å². The summed E-state index contributed by atoms with van der Waals surface area (Å²) in [6.07, 6.45) is 0. The molecule has 1 rings (SSSR count). The number of rotatable bonds is 1. The van der Waals surface area contributed by atoms with Gasteiger partial charge in [-0.15, -0.1) is 0 Å². The van der Waals surface area contributed by atoms with E-state index in [1.807, 2.05) is 20.8 Å². The fourth-order valence-electron chi connectivity index (χ4n) is 1.78. The van der Waals surface area contributed by atoms with Crippen LogP contribution in [0.1, 0.15) is 37.5 Å². The van der Waals surface area contributed by atoms with Crippen LogP contribution in [0.3, 0.4) is 0 Å². The van der Waals surface area contributed by atoms with E-state index in [9.17, 15) is 13.0 Å². The molecule has 0 atom stereocenters. The van der Waals surface area contributed by atoms with Gasteiger partial charge in [-0.05, 0) is 36.0 Å². The van der Waals surface area contributed by atoms with Crippen LogP contribution in [0.15, 0.2) is 17.0 Å². The van der Waals surface area contributed by atoms with Crippen LogP contribution in [0.4, 0.5) is 0 Å². The molecule has 0 N–H and O–H groups in total. The first kappa shape index (κ1) is 17.1. The van der Waals surface area contributed by atoms with Crippen molar-refractivity contribution in [3.05, 3.63) is 28.8 Å². The molecule has 0 heterocycles. The molecule has 0 fully saturated rings. The molecule has 0 spiro atoms. The van der Waals surface area contributed by atoms with Crippen LogP contribution in [0.2, 0.25) is 0 Å². The molecule has 1 aromatic rings. The third-order valence-electron chi connectivity index (χ3n) is 2.58. The Bertz CT molecular complexity index is 490. The van der Waals surface area contributed by atoms with Gasteiger partial charge in [0.05, 0.1) is 4.90 Å². The molecule has 1 aromatic carbocycles. The molecule has 0 amide bonds. The molecule has 17 heavy (non-hydrogen) atoms. The van der Waals surface area contributed by atoms with Crippen LogP contribution in [-0.2, 0) is 15.5 Å². The van der Waals surface area contributed by atoms with Gasteiger partial charge in [0.25, 0.3) is 0 Å². The predicted molar refractivity (Wildman–Crippen MR) is 62.6 cm³/mol. The van der Waals surface area contributed by atoms with Crippen molar-refractivity contribution in [3.8, 4) is 0 Å². The molecule has 0 unspecified atom stereocenters. The molecule has 90 valence electrons. The van der Waals surface area contributed by atoms with E-state index < -0.39 is 10.1 Å². The van der Waals surface area contributed by atoms with Crippen LogP contribution in [0.25, 0.3) is 0 Å².